The van der Waals surface area contributed by atoms with Crippen molar-refractivity contribution in [3.05, 3.63) is 23.8 Å². The minimum absolute atomic E-state index is 0.140. The Morgan fingerprint density at radius 2 is 2.00 bits per heavy atom. The van der Waals surface area contributed by atoms with Gasteiger partial charge in [-0.25, -0.2) is 13.1 Å². The predicted octanol–water partition coefficient (Wildman–Crippen LogP) is 2.06. The van der Waals surface area contributed by atoms with Gasteiger partial charge in [-0.3, -0.25) is 0 Å². The molecule has 0 fully saturated rings. The van der Waals surface area contributed by atoms with E-state index in [4.69, 9.17) is 10.5 Å². The molecule has 0 atom stereocenters. The fourth-order valence-corrected chi connectivity index (χ4v) is 2.93. The molecule has 20 heavy (non-hydrogen) atoms. The number of aryl methyl sites for hydroxylation is 1. The zero-order valence-electron chi connectivity index (χ0n) is 12.3. The summed E-state index contributed by atoms with van der Waals surface area (Å²) in [4.78, 5) is 0.140. The van der Waals surface area contributed by atoms with Crippen molar-refractivity contribution in [3.63, 3.8) is 0 Å². The zero-order valence-corrected chi connectivity index (χ0v) is 13.2. The van der Waals surface area contributed by atoms with E-state index in [1.54, 1.807) is 12.1 Å². The standard InChI is InChI=1S/C14H24N2O3S/c1-11(2)19-9-5-4-8-16-20(17,18)14-7-6-12(3)10-13(14)15/h6-7,10-11,16H,4-5,8-9,15H2,1-3H3. The molecule has 1 aromatic carbocycles. The summed E-state index contributed by atoms with van der Waals surface area (Å²) in [7, 11) is -3.53. The van der Waals surface area contributed by atoms with Crippen LogP contribution < -0.4 is 10.5 Å². The summed E-state index contributed by atoms with van der Waals surface area (Å²) in [5, 5.41) is 0. The molecule has 0 amide bonds. The molecule has 114 valence electrons. The van der Waals surface area contributed by atoms with E-state index in [2.05, 4.69) is 4.72 Å². The highest BCUT2D eigenvalue weighted by Crippen LogP contribution is 2.19. The van der Waals surface area contributed by atoms with Crippen molar-refractivity contribution in [1.82, 2.24) is 4.72 Å². The van der Waals surface area contributed by atoms with Crippen LogP contribution in [0.25, 0.3) is 0 Å². The Morgan fingerprint density at radius 1 is 1.30 bits per heavy atom. The van der Waals surface area contributed by atoms with Crippen LogP contribution in [-0.2, 0) is 14.8 Å². The normalized spacial score (nSPS) is 12.0. The van der Waals surface area contributed by atoms with Gasteiger partial charge in [0.05, 0.1) is 11.8 Å². The monoisotopic (exact) mass is 300 g/mol. The number of hydrogen-bond acceptors (Lipinski definition) is 4. The molecule has 0 heterocycles. The Hall–Kier alpha value is -1.11. The van der Waals surface area contributed by atoms with E-state index < -0.39 is 10.0 Å². The van der Waals surface area contributed by atoms with Crippen LogP contribution in [0.1, 0.15) is 32.3 Å². The quantitative estimate of drug-likeness (QED) is 0.569. The second-order valence-electron chi connectivity index (χ2n) is 5.07. The van der Waals surface area contributed by atoms with Gasteiger partial charge in [0.1, 0.15) is 4.90 Å². The predicted molar refractivity (Wildman–Crippen MR) is 81.1 cm³/mol. The van der Waals surface area contributed by atoms with Crippen molar-refractivity contribution < 1.29 is 13.2 Å². The average molecular weight is 300 g/mol. The smallest absolute Gasteiger partial charge is 0.242 e. The molecule has 1 aromatic rings. The van der Waals surface area contributed by atoms with Crippen LogP contribution in [0.15, 0.2) is 23.1 Å². The number of hydrogen-bond donors (Lipinski definition) is 2. The number of unbranched alkanes of at least 4 members (excludes halogenated alkanes) is 1. The molecule has 6 heteroatoms. The lowest BCUT2D eigenvalue weighted by Gasteiger charge is -2.10. The van der Waals surface area contributed by atoms with Gasteiger partial charge < -0.3 is 10.5 Å². The van der Waals surface area contributed by atoms with Crippen LogP contribution >= 0.6 is 0 Å². The number of nitrogen functional groups attached to an aromatic ring is 1. The summed E-state index contributed by atoms with van der Waals surface area (Å²) in [6.07, 6.45) is 1.76. The Morgan fingerprint density at radius 3 is 2.60 bits per heavy atom. The molecule has 0 radical (unpaired) electrons. The number of nitrogens with two attached hydrogens (primary N) is 1. The van der Waals surface area contributed by atoms with Crippen molar-refractivity contribution in [2.24, 2.45) is 0 Å². The number of anilines is 1. The molecule has 0 bridgehead atoms. The van der Waals surface area contributed by atoms with Gasteiger partial charge in [0.15, 0.2) is 0 Å². The molecule has 1 rings (SSSR count). The molecule has 0 aliphatic heterocycles. The van der Waals surface area contributed by atoms with Crippen LogP contribution in [0.2, 0.25) is 0 Å². The van der Waals surface area contributed by atoms with Gasteiger partial charge in [0, 0.05) is 13.2 Å². The summed E-state index contributed by atoms with van der Waals surface area (Å²) in [6, 6.07) is 4.93. The van der Waals surface area contributed by atoms with Crippen LogP contribution in [-0.4, -0.2) is 27.7 Å². The molecule has 0 aliphatic rings. The molecule has 0 spiro atoms. The Labute approximate surface area is 121 Å². The van der Waals surface area contributed by atoms with E-state index >= 15 is 0 Å². The molecule has 0 aliphatic carbocycles. The Balaban J connectivity index is 2.46. The lowest BCUT2D eigenvalue weighted by Crippen LogP contribution is -2.26. The summed E-state index contributed by atoms with van der Waals surface area (Å²) in [6.45, 7) is 6.85. The third-order valence-corrected chi connectivity index (χ3v) is 4.30. The first kappa shape index (κ1) is 16.9. The second kappa shape index (κ2) is 7.61. The van der Waals surface area contributed by atoms with E-state index in [9.17, 15) is 8.42 Å². The third-order valence-electron chi connectivity index (χ3n) is 2.77. The molecule has 3 N–H and O–H groups in total. The topological polar surface area (TPSA) is 81.4 Å². The van der Waals surface area contributed by atoms with E-state index in [-0.39, 0.29) is 16.7 Å². The Bertz CT molecular complexity index is 527. The summed E-state index contributed by atoms with van der Waals surface area (Å²) in [5.74, 6) is 0. The first-order valence-electron chi connectivity index (χ1n) is 6.80. The Kier molecular flexibility index (Phi) is 6.45. The fourth-order valence-electron chi connectivity index (χ4n) is 1.74. The molecule has 0 aromatic heterocycles. The minimum Gasteiger partial charge on any atom is -0.398 e. The maximum Gasteiger partial charge on any atom is 0.242 e. The van der Waals surface area contributed by atoms with Gasteiger partial charge in [-0.15, -0.1) is 0 Å². The molecule has 0 saturated carbocycles. The SMILES string of the molecule is Cc1ccc(S(=O)(=O)NCCCCOC(C)C)c(N)c1. The van der Waals surface area contributed by atoms with Gasteiger partial charge in [0.2, 0.25) is 10.0 Å². The van der Waals surface area contributed by atoms with Gasteiger partial charge in [0.25, 0.3) is 0 Å². The summed E-state index contributed by atoms with van der Waals surface area (Å²) < 4.78 is 32.1. The first-order valence-corrected chi connectivity index (χ1v) is 8.28. The van der Waals surface area contributed by atoms with Gasteiger partial charge in [-0.05, 0) is 51.3 Å². The number of rotatable bonds is 8. The van der Waals surface area contributed by atoms with Crippen LogP contribution in [0.4, 0.5) is 5.69 Å². The number of nitrogens with one attached hydrogen (secondary N) is 1. The largest absolute Gasteiger partial charge is 0.398 e. The third kappa shape index (κ3) is 5.48. The number of sulfonamides is 1. The highest BCUT2D eigenvalue weighted by molar-refractivity contribution is 7.89. The second-order valence-corrected chi connectivity index (χ2v) is 6.80. The van der Waals surface area contributed by atoms with Crippen molar-refractivity contribution >= 4 is 15.7 Å². The van der Waals surface area contributed by atoms with Crippen molar-refractivity contribution in [2.75, 3.05) is 18.9 Å². The average Bonchev–Trinajstić information content (AvgIpc) is 2.32. The number of benzene rings is 1. The van der Waals surface area contributed by atoms with Gasteiger partial charge >= 0.3 is 0 Å². The lowest BCUT2D eigenvalue weighted by molar-refractivity contribution is 0.0762. The van der Waals surface area contributed by atoms with Gasteiger partial charge in [-0.2, -0.15) is 0 Å². The highest BCUT2D eigenvalue weighted by Gasteiger charge is 2.16. The van der Waals surface area contributed by atoms with E-state index in [1.165, 1.54) is 6.07 Å². The van der Waals surface area contributed by atoms with Crippen molar-refractivity contribution in [1.29, 1.82) is 0 Å². The molecule has 5 nitrogen and oxygen atoms in total. The summed E-state index contributed by atoms with van der Waals surface area (Å²) in [5.41, 5.74) is 6.97. The van der Waals surface area contributed by atoms with Crippen molar-refractivity contribution in [2.45, 2.75) is 44.6 Å². The molecular weight excluding hydrogens is 276 g/mol. The zero-order chi connectivity index (χ0) is 15.2. The lowest BCUT2D eigenvalue weighted by atomic mass is 10.2. The first-order chi connectivity index (χ1) is 9.33. The fraction of sp³-hybridized carbons (Fsp3) is 0.571. The maximum atomic E-state index is 12.1. The van der Waals surface area contributed by atoms with E-state index in [0.29, 0.717) is 13.2 Å². The van der Waals surface area contributed by atoms with Crippen LogP contribution in [0.3, 0.4) is 0 Å². The summed E-state index contributed by atoms with van der Waals surface area (Å²) >= 11 is 0. The molecule has 0 unspecified atom stereocenters. The highest BCUT2D eigenvalue weighted by atomic mass is 32.2. The van der Waals surface area contributed by atoms with E-state index in [1.807, 2.05) is 20.8 Å². The van der Waals surface area contributed by atoms with E-state index in [0.717, 1.165) is 18.4 Å². The maximum absolute atomic E-state index is 12.1. The molecule has 0 saturated heterocycles. The van der Waals surface area contributed by atoms with Crippen LogP contribution in [0.5, 0.6) is 0 Å². The van der Waals surface area contributed by atoms with Gasteiger partial charge in [-0.1, -0.05) is 6.07 Å². The molecular formula is C14H24N2O3S. The minimum atomic E-state index is -3.53. The van der Waals surface area contributed by atoms with Crippen LogP contribution in [0, 0.1) is 6.92 Å². The van der Waals surface area contributed by atoms with Crippen molar-refractivity contribution in [3.8, 4) is 0 Å². The number of ether oxygens (including phenoxy) is 1.